The van der Waals surface area contributed by atoms with Crippen molar-refractivity contribution in [2.24, 2.45) is 5.84 Å². The van der Waals surface area contributed by atoms with E-state index in [0.29, 0.717) is 0 Å². The third-order valence-electron chi connectivity index (χ3n) is 2.95. The van der Waals surface area contributed by atoms with Crippen LogP contribution < -0.4 is 16.0 Å². The number of nitrogens with one attached hydrogen (secondary N) is 2. The van der Waals surface area contributed by atoms with Gasteiger partial charge in [-0.15, -0.1) is 0 Å². The zero-order valence-electron chi connectivity index (χ0n) is 11.7. The van der Waals surface area contributed by atoms with Crippen LogP contribution in [-0.4, -0.2) is 39.4 Å². The summed E-state index contributed by atoms with van der Waals surface area (Å²) in [4.78, 5) is 3.57. The van der Waals surface area contributed by atoms with Gasteiger partial charge < -0.3 is 5.43 Å². The number of halogens is 1. The van der Waals surface area contributed by atoms with Crippen LogP contribution in [-0.2, 0) is 19.9 Å². The Hall–Kier alpha value is -0.940. The highest BCUT2D eigenvalue weighted by Crippen LogP contribution is 2.22. The van der Waals surface area contributed by atoms with Crippen LogP contribution in [0.15, 0.2) is 17.2 Å². The molecule has 0 atom stereocenters. The minimum absolute atomic E-state index is 0.0303. The molecule has 0 saturated heterocycles. The zero-order valence-corrected chi connectivity index (χ0v) is 14.1. The maximum absolute atomic E-state index is 12.1. The molecule has 0 saturated carbocycles. The number of nitrogens with two attached hydrogens (primary N) is 1. The molecule has 8 nitrogen and oxygen atoms in total. The van der Waals surface area contributed by atoms with Crippen molar-refractivity contribution in [1.82, 2.24) is 9.71 Å². The molecular formula is C10H17ClN4O4S2. The highest BCUT2D eigenvalue weighted by Gasteiger charge is 2.32. The first-order valence-electron chi connectivity index (χ1n) is 5.72. The lowest BCUT2D eigenvalue weighted by Gasteiger charge is -2.22. The van der Waals surface area contributed by atoms with Gasteiger partial charge in [-0.2, -0.15) is 0 Å². The molecule has 0 aliphatic heterocycles. The van der Waals surface area contributed by atoms with Gasteiger partial charge in [0.25, 0.3) is 0 Å². The predicted molar refractivity (Wildman–Crippen MR) is 81.2 cm³/mol. The summed E-state index contributed by atoms with van der Waals surface area (Å²) in [6, 6.07) is 1.17. The molecule has 0 fully saturated rings. The minimum atomic E-state index is -3.93. The molecule has 21 heavy (non-hydrogen) atoms. The number of hydrogen-bond donors (Lipinski definition) is 3. The van der Waals surface area contributed by atoms with Crippen molar-refractivity contribution in [2.45, 2.75) is 23.5 Å². The number of aromatic nitrogens is 1. The van der Waals surface area contributed by atoms with Gasteiger partial charge in [0, 0.05) is 19.0 Å². The van der Waals surface area contributed by atoms with Gasteiger partial charge in [-0.3, -0.25) is 0 Å². The lowest BCUT2D eigenvalue weighted by atomic mass is 10.2. The van der Waals surface area contributed by atoms with Crippen molar-refractivity contribution in [1.29, 1.82) is 0 Å². The third kappa shape index (κ3) is 4.27. The van der Waals surface area contributed by atoms with Gasteiger partial charge in [-0.1, -0.05) is 11.6 Å². The van der Waals surface area contributed by atoms with E-state index in [1.165, 1.54) is 19.9 Å². The summed E-state index contributed by atoms with van der Waals surface area (Å²) < 4.78 is 48.3. The molecule has 4 N–H and O–H groups in total. The fourth-order valence-corrected chi connectivity index (χ4v) is 3.05. The summed E-state index contributed by atoms with van der Waals surface area (Å²) in [6.45, 7) is 2.58. The monoisotopic (exact) mass is 356 g/mol. The standard InChI is InChI=1S/C10H17ClN4O4S2/c1-10(2,20(3,16)17)6-14-21(18,19)7-4-8(11)9(15-12)13-5-7/h4-5,14H,6,12H2,1-3H3,(H,13,15). The molecule has 1 rings (SSSR count). The molecule has 0 amide bonds. The van der Waals surface area contributed by atoms with Crippen molar-refractivity contribution in [2.75, 3.05) is 18.2 Å². The smallest absolute Gasteiger partial charge is 0.242 e. The predicted octanol–water partition coefficient (Wildman–Crippen LogP) is 0.122. The van der Waals surface area contributed by atoms with E-state index in [2.05, 4.69) is 15.1 Å². The zero-order chi connectivity index (χ0) is 16.5. The number of nitrogens with zero attached hydrogens (tertiary/aromatic N) is 1. The molecule has 0 aliphatic carbocycles. The number of hydrogen-bond acceptors (Lipinski definition) is 7. The van der Waals surface area contributed by atoms with Gasteiger partial charge in [0.1, 0.15) is 4.90 Å². The Morgan fingerprint density at radius 1 is 1.33 bits per heavy atom. The van der Waals surface area contributed by atoms with Gasteiger partial charge in [0.15, 0.2) is 15.7 Å². The van der Waals surface area contributed by atoms with Crippen LogP contribution >= 0.6 is 11.6 Å². The maximum atomic E-state index is 12.1. The van der Waals surface area contributed by atoms with Crippen LogP contribution in [0.3, 0.4) is 0 Å². The van der Waals surface area contributed by atoms with Crippen LogP contribution in [0, 0.1) is 0 Å². The van der Waals surface area contributed by atoms with E-state index < -0.39 is 24.6 Å². The second-order valence-corrected chi connectivity index (χ2v) is 9.83. The van der Waals surface area contributed by atoms with Crippen molar-refractivity contribution in [3.8, 4) is 0 Å². The van der Waals surface area contributed by atoms with Gasteiger partial charge in [0.05, 0.1) is 9.77 Å². The molecule has 0 unspecified atom stereocenters. The van der Waals surface area contributed by atoms with E-state index in [9.17, 15) is 16.8 Å². The average molecular weight is 357 g/mol. The summed E-state index contributed by atoms with van der Waals surface area (Å²) in [5.41, 5.74) is 2.21. The fraction of sp³-hybridized carbons (Fsp3) is 0.500. The number of sulfonamides is 1. The Kier molecular flexibility index (Phi) is 5.22. The highest BCUT2D eigenvalue weighted by atomic mass is 35.5. The summed E-state index contributed by atoms with van der Waals surface area (Å²) in [5, 5.41) is 0.0303. The first kappa shape index (κ1) is 18.1. The number of nitrogen functional groups attached to an aromatic ring is 1. The van der Waals surface area contributed by atoms with Crippen LogP contribution in [0.1, 0.15) is 13.8 Å². The van der Waals surface area contributed by atoms with E-state index in [0.717, 1.165) is 12.5 Å². The Morgan fingerprint density at radius 2 is 1.90 bits per heavy atom. The first-order chi connectivity index (χ1) is 9.40. The second kappa shape index (κ2) is 6.05. The molecule has 1 aromatic rings. The molecular weight excluding hydrogens is 340 g/mol. The summed E-state index contributed by atoms with van der Waals surface area (Å²) in [7, 11) is -7.35. The van der Waals surface area contributed by atoms with E-state index in [4.69, 9.17) is 17.4 Å². The topological polar surface area (TPSA) is 131 Å². The Morgan fingerprint density at radius 3 is 2.33 bits per heavy atom. The first-order valence-corrected chi connectivity index (χ1v) is 9.47. The largest absolute Gasteiger partial charge is 0.307 e. The van der Waals surface area contributed by atoms with Gasteiger partial charge in [0.2, 0.25) is 10.0 Å². The molecule has 0 aliphatic rings. The van der Waals surface area contributed by atoms with Crippen LogP contribution in [0.4, 0.5) is 5.82 Å². The number of pyridine rings is 1. The van der Waals surface area contributed by atoms with Gasteiger partial charge in [-0.25, -0.2) is 32.4 Å². The normalized spacial score (nSPS) is 13.2. The second-order valence-electron chi connectivity index (χ2n) is 5.00. The summed E-state index contributed by atoms with van der Waals surface area (Å²) >= 11 is 5.81. The van der Waals surface area contributed by atoms with E-state index in [1.54, 1.807) is 0 Å². The lowest BCUT2D eigenvalue weighted by molar-refractivity contribution is 0.537. The van der Waals surface area contributed by atoms with Crippen molar-refractivity contribution >= 4 is 37.3 Å². The summed E-state index contributed by atoms with van der Waals surface area (Å²) in [5.74, 6) is 5.28. The van der Waals surface area contributed by atoms with E-state index in [1.807, 2.05) is 0 Å². The number of rotatable bonds is 6. The lowest BCUT2D eigenvalue weighted by Crippen LogP contribution is -2.43. The quantitative estimate of drug-likeness (QED) is 0.487. The number of anilines is 1. The third-order valence-corrected chi connectivity index (χ3v) is 6.76. The average Bonchev–Trinajstić information content (AvgIpc) is 2.35. The molecule has 11 heteroatoms. The number of hydrazine groups is 1. The Labute approximate surface area is 129 Å². The van der Waals surface area contributed by atoms with Crippen molar-refractivity contribution in [3.63, 3.8) is 0 Å². The molecule has 120 valence electrons. The Bertz CT molecular complexity index is 731. The SMILES string of the molecule is CC(C)(CNS(=O)(=O)c1cnc(NN)c(Cl)c1)S(C)(=O)=O. The summed E-state index contributed by atoms with van der Waals surface area (Å²) in [6.07, 6.45) is 2.11. The van der Waals surface area contributed by atoms with Crippen LogP contribution in [0.2, 0.25) is 5.02 Å². The van der Waals surface area contributed by atoms with Crippen molar-refractivity contribution in [3.05, 3.63) is 17.3 Å². The van der Waals surface area contributed by atoms with Crippen LogP contribution in [0.25, 0.3) is 0 Å². The molecule has 1 heterocycles. The fourth-order valence-electron chi connectivity index (χ4n) is 1.16. The Balaban J connectivity index is 3.01. The van der Waals surface area contributed by atoms with E-state index >= 15 is 0 Å². The minimum Gasteiger partial charge on any atom is -0.307 e. The molecule has 0 radical (unpaired) electrons. The molecule has 1 aromatic heterocycles. The van der Waals surface area contributed by atoms with Crippen LogP contribution in [0.5, 0.6) is 0 Å². The van der Waals surface area contributed by atoms with Crippen molar-refractivity contribution < 1.29 is 16.8 Å². The number of sulfone groups is 1. The molecule has 0 spiro atoms. The van der Waals surface area contributed by atoms with Gasteiger partial charge >= 0.3 is 0 Å². The van der Waals surface area contributed by atoms with Gasteiger partial charge in [-0.05, 0) is 19.9 Å². The molecule has 0 bridgehead atoms. The maximum Gasteiger partial charge on any atom is 0.242 e. The van der Waals surface area contributed by atoms with E-state index in [-0.39, 0.29) is 22.3 Å². The highest BCUT2D eigenvalue weighted by molar-refractivity contribution is 7.92. The molecule has 0 aromatic carbocycles.